The fourth-order valence-corrected chi connectivity index (χ4v) is 1.52. The van der Waals surface area contributed by atoms with Crippen LogP contribution in [0.1, 0.15) is 29.2 Å². The van der Waals surface area contributed by atoms with Gasteiger partial charge >= 0.3 is 0 Å². The lowest BCUT2D eigenvalue weighted by Gasteiger charge is -2.15. The Balaban J connectivity index is 3.02. The van der Waals surface area contributed by atoms with Gasteiger partial charge in [0.1, 0.15) is 5.75 Å². The van der Waals surface area contributed by atoms with Crippen molar-refractivity contribution in [2.45, 2.75) is 26.3 Å². The summed E-state index contributed by atoms with van der Waals surface area (Å²) in [4.78, 5) is 0. The molecule has 1 aromatic rings. The van der Waals surface area contributed by atoms with Gasteiger partial charge in [0.25, 0.3) is 0 Å². The van der Waals surface area contributed by atoms with Crippen LogP contribution in [0.15, 0.2) is 12.1 Å². The fourth-order valence-electron chi connectivity index (χ4n) is 1.52. The number of aliphatic hydroxyl groups is 1. The molecular formula is C11H17NO2. The zero-order valence-electron chi connectivity index (χ0n) is 8.62. The van der Waals surface area contributed by atoms with Crippen LogP contribution < -0.4 is 5.73 Å². The number of benzene rings is 1. The monoisotopic (exact) mass is 195 g/mol. The minimum Gasteiger partial charge on any atom is -0.508 e. The molecule has 4 N–H and O–H groups in total. The third-order valence-electron chi connectivity index (χ3n) is 2.42. The molecular weight excluding hydrogens is 178 g/mol. The summed E-state index contributed by atoms with van der Waals surface area (Å²) < 4.78 is 0. The average Bonchev–Trinajstić information content (AvgIpc) is 2.11. The van der Waals surface area contributed by atoms with Crippen molar-refractivity contribution in [3.8, 4) is 5.75 Å². The lowest BCUT2D eigenvalue weighted by molar-refractivity contribution is 0.276. The first kappa shape index (κ1) is 11.0. The molecule has 0 bridgehead atoms. The van der Waals surface area contributed by atoms with E-state index in [4.69, 9.17) is 10.8 Å². The Morgan fingerprint density at radius 2 is 1.93 bits per heavy atom. The standard InChI is InChI=1S/C11H17NO2/c1-7-6-11(14)8(2)5-9(7)10(12)3-4-13/h5-6,10,13-14H,3-4,12H2,1-2H3/t10-/m1/s1. The van der Waals surface area contributed by atoms with E-state index < -0.39 is 0 Å². The van der Waals surface area contributed by atoms with Crippen LogP contribution in [0.5, 0.6) is 5.75 Å². The van der Waals surface area contributed by atoms with Gasteiger partial charge in [-0.2, -0.15) is 0 Å². The van der Waals surface area contributed by atoms with E-state index in [0.717, 1.165) is 16.7 Å². The molecule has 0 aliphatic rings. The number of aromatic hydroxyl groups is 1. The highest BCUT2D eigenvalue weighted by Crippen LogP contribution is 2.25. The first-order valence-electron chi connectivity index (χ1n) is 4.72. The molecule has 0 saturated heterocycles. The lowest BCUT2D eigenvalue weighted by atomic mass is 9.97. The fraction of sp³-hybridized carbons (Fsp3) is 0.455. The van der Waals surface area contributed by atoms with Gasteiger partial charge in [-0.3, -0.25) is 0 Å². The second kappa shape index (κ2) is 4.44. The molecule has 1 aromatic carbocycles. The van der Waals surface area contributed by atoms with Crippen molar-refractivity contribution >= 4 is 0 Å². The Morgan fingerprint density at radius 1 is 1.29 bits per heavy atom. The number of aliphatic hydroxyl groups excluding tert-OH is 1. The van der Waals surface area contributed by atoms with Crippen LogP contribution in [-0.2, 0) is 0 Å². The minimum absolute atomic E-state index is 0.0839. The predicted molar refractivity (Wildman–Crippen MR) is 56.2 cm³/mol. The van der Waals surface area contributed by atoms with E-state index in [0.29, 0.717) is 12.2 Å². The van der Waals surface area contributed by atoms with Crippen molar-refractivity contribution in [2.75, 3.05) is 6.61 Å². The number of hydrogen-bond donors (Lipinski definition) is 3. The van der Waals surface area contributed by atoms with Gasteiger partial charge in [0, 0.05) is 12.6 Å². The number of phenols is 1. The van der Waals surface area contributed by atoms with Gasteiger partial charge in [-0.25, -0.2) is 0 Å². The quantitative estimate of drug-likeness (QED) is 0.682. The summed E-state index contributed by atoms with van der Waals surface area (Å²) in [5.74, 6) is 0.294. The molecule has 0 amide bonds. The third-order valence-corrected chi connectivity index (χ3v) is 2.42. The minimum atomic E-state index is -0.153. The maximum absolute atomic E-state index is 9.45. The number of nitrogens with two attached hydrogens (primary N) is 1. The predicted octanol–water partition coefficient (Wildman–Crippen LogP) is 1.39. The molecule has 0 aliphatic heterocycles. The van der Waals surface area contributed by atoms with E-state index in [1.807, 2.05) is 19.9 Å². The molecule has 3 nitrogen and oxygen atoms in total. The van der Waals surface area contributed by atoms with Crippen molar-refractivity contribution in [1.82, 2.24) is 0 Å². The second-order valence-electron chi connectivity index (χ2n) is 3.61. The van der Waals surface area contributed by atoms with Crippen molar-refractivity contribution in [3.05, 3.63) is 28.8 Å². The Hall–Kier alpha value is -1.06. The SMILES string of the molecule is Cc1cc([C@H](N)CCO)c(C)cc1O. The van der Waals surface area contributed by atoms with Crippen LogP contribution in [0.3, 0.4) is 0 Å². The molecule has 0 aromatic heterocycles. The van der Waals surface area contributed by atoms with Crippen molar-refractivity contribution in [1.29, 1.82) is 0 Å². The highest BCUT2D eigenvalue weighted by molar-refractivity contribution is 5.41. The van der Waals surface area contributed by atoms with Gasteiger partial charge in [0.2, 0.25) is 0 Å². The summed E-state index contributed by atoms with van der Waals surface area (Å²) >= 11 is 0. The molecule has 3 heteroatoms. The molecule has 78 valence electrons. The van der Waals surface area contributed by atoms with E-state index in [1.54, 1.807) is 6.07 Å². The van der Waals surface area contributed by atoms with Crippen LogP contribution in [0, 0.1) is 13.8 Å². The molecule has 0 unspecified atom stereocenters. The number of aryl methyl sites for hydroxylation is 2. The number of hydrogen-bond acceptors (Lipinski definition) is 3. The van der Waals surface area contributed by atoms with Crippen molar-refractivity contribution in [2.24, 2.45) is 5.73 Å². The zero-order valence-corrected chi connectivity index (χ0v) is 8.62. The van der Waals surface area contributed by atoms with E-state index >= 15 is 0 Å². The lowest BCUT2D eigenvalue weighted by Crippen LogP contribution is -2.13. The van der Waals surface area contributed by atoms with Crippen LogP contribution in [0.4, 0.5) is 0 Å². The summed E-state index contributed by atoms with van der Waals surface area (Å²) in [6, 6.07) is 3.44. The van der Waals surface area contributed by atoms with Crippen LogP contribution in [0.2, 0.25) is 0 Å². The molecule has 14 heavy (non-hydrogen) atoms. The molecule has 0 radical (unpaired) electrons. The molecule has 0 heterocycles. The van der Waals surface area contributed by atoms with Gasteiger partial charge in [0.05, 0.1) is 0 Å². The highest BCUT2D eigenvalue weighted by Gasteiger charge is 2.10. The molecule has 0 fully saturated rings. The van der Waals surface area contributed by atoms with Gasteiger partial charge in [-0.1, -0.05) is 6.07 Å². The smallest absolute Gasteiger partial charge is 0.118 e. The number of rotatable bonds is 3. The van der Waals surface area contributed by atoms with E-state index in [-0.39, 0.29) is 12.6 Å². The van der Waals surface area contributed by atoms with E-state index in [1.165, 1.54) is 0 Å². The average molecular weight is 195 g/mol. The maximum Gasteiger partial charge on any atom is 0.118 e. The Labute approximate surface area is 84.2 Å². The highest BCUT2D eigenvalue weighted by atomic mass is 16.3. The first-order valence-corrected chi connectivity index (χ1v) is 4.72. The van der Waals surface area contributed by atoms with Gasteiger partial charge in [0.15, 0.2) is 0 Å². The number of phenolic OH excluding ortho intramolecular Hbond substituents is 1. The Kier molecular flexibility index (Phi) is 3.49. The van der Waals surface area contributed by atoms with Crippen molar-refractivity contribution < 1.29 is 10.2 Å². The third kappa shape index (κ3) is 2.25. The van der Waals surface area contributed by atoms with Gasteiger partial charge < -0.3 is 15.9 Å². The molecule has 0 aliphatic carbocycles. The summed E-state index contributed by atoms with van der Waals surface area (Å²) in [7, 11) is 0. The van der Waals surface area contributed by atoms with E-state index in [9.17, 15) is 5.11 Å². The van der Waals surface area contributed by atoms with Crippen LogP contribution >= 0.6 is 0 Å². The van der Waals surface area contributed by atoms with Crippen molar-refractivity contribution in [3.63, 3.8) is 0 Å². The van der Waals surface area contributed by atoms with Gasteiger partial charge in [-0.15, -0.1) is 0 Å². The molecule has 0 spiro atoms. The first-order chi connectivity index (χ1) is 6.56. The van der Waals surface area contributed by atoms with Gasteiger partial charge in [-0.05, 0) is 43.0 Å². The largest absolute Gasteiger partial charge is 0.508 e. The summed E-state index contributed by atoms with van der Waals surface area (Å²) in [6.45, 7) is 3.83. The van der Waals surface area contributed by atoms with Crippen LogP contribution in [0.25, 0.3) is 0 Å². The zero-order chi connectivity index (χ0) is 10.7. The summed E-state index contributed by atoms with van der Waals surface area (Å²) in [6.07, 6.45) is 0.547. The Bertz CT molecular complexity index is 323. The summed E-state index contributed by atoms with van der Waals surface area (Å²) in [5.41, 5.74) is 8.66. The summed E-state index contributed by atoms with van der Waals surface area (Å²) in [5, 5.41) is 18.2. The topological polar surface area (TPSA) is 66.5 Å². The molecule has 1 rings (SSSR count). The molecule has 1 atom stereocenters. The molecule has 0 saturated carbocycles. The van der Waals surface area contributed by atoms with Crippen LogP contribution in [-0.4, -0.2) is 16.8 Å². The Morgan fingerprint density at radius 3 is 2.50 bits per heavy atom. The maximum atomic E-state index is 9.45. The van der Waals surface area contributed by atoms with E-state index in [2.05, 4.69) is 0 Å². The normalized spacial score (nSPS) is 12.9. The second-order valence-corrected chi connectivity index (χ2v) is 3.61.